The lowest BCUT2D eigenvalue weighted by molar-refractivity contribution is 0.287. The van der Waals surface area contributed by atoms with Crippen LogP contribution in [-0.2, 0) is 19.4 Å². The van der Waals surface area contributed by atoms with Crippen molar-refractivity contribution in [3.8, 4) is 5.75 Å². The smallest absolute Gasteiger partial charge is 0.339 e. The Bertz CT molecular complexity index is 1240. The van der Waals surface area contributed by atoms with Crippen LogP contribution in [0.3, 0.4) is 0 Å². The van der Waals surface area contributed by atoms with Gasteiger partial charge in [-0.25, -0.2) is 9.78 Å². The first-order valence-corrected chi connectivity index (χ1v) is 9.21. The van der Waals surface area contributed by atoms with Crippen LogP contribution < -0.4 is 15.3 Å². The van der Waals surface area contributed by atoms with Gasteiger partial charge in [-0.2, -0.15) is 0 Å². The summed E-state index contributed by atoms with van der Waals surface area (Å²) >= 11 is 0. The standard InChI is InChI=1S/C21H17N3O3/c25-20-14-5-3-4-12(14)13-8-9-18-15(19(13)27-20)10-24(11-26-18)21-22-16-6-1-2-7-17(16)23-21/h1-2,6-9H,3-5,10-11H2,(H,22,23). The van der Waals surface area contributed by atoms with Gasteiger partial charge in [-0.1, -0.05) is 12.1 Å². The van der Waals surface area contributed by atoms with Crippen molar-refractivity contribution in [3.63, 3.8) is 0 Å². The number of aromatic amines is 1. The molecule has 1 N–H and O–H groups in total. The highest BCUT2D eigenvalue weighted by Gasteiger charge is 2.27. The second-order valence-corrected chi connectivity index (χ2v) is 7.17. The first-order valence-electron chi connectivity index (χ1n) is 9.21. The summed E-state index contributed by atoms with van der Waals surface area (Å²) in [6.45, 7) is 0.974. The highest BCUT2D eigenvalue weighted by molar-refractivity contribution is 5.87. The summed E-state index contributed by atoms with van der Waals surface area (Å²) in [6.07, 6.45) is 2.76. The minimum atomic E-state index is -0.204. The van der Waals surface area contributed by atoms with Crippen molar-refractivity contribution in [1.29, 1.82) is 0 Å². The lowest BCUT2D eigenvalue weighted by Crippen LogP contribution is -2.33. The molecule has 0 bridgehead atoms. The molecule has 1 aliphatic heterocycles. The largest absolute Gasteiger partial charge is 0.473 e. The van der Waals surface area contributed by atoms with Gasteiger partial charge in [-0.05, 0) is 49.1 Å². The molecule has 2 aliphatic rings. The van der Waals surface area contributed by atoms with Crippen molar-refractivity contribution in [3.05, 3.63) is 63.5 Å². The summed E-state index contributed by atoms with van der Waals surface area (Å²) in [5.41, 5.74) is 5.24. The molecule has 1 aliphatic carbocycles. The summed E-state index contributed by atoms with van der Waals surface area (Å²) in [4.78, 5) is 22.5. The van der Waals surface area contributed by atoms with E-state index in [1.807, 2.05) is 41.3 Å². The van der Waals surface area contributed by atoms with Crippen molar-refractivity contribution in [2.24, 2.45) is 0 Å². The third kappa shape index (κ3) is 2.13. The maximum absolute atomic E-state index is 12.4. The number of hydrogen-bond acceptors (Lipinski definition) is 5. The average molecular weight is 359 g/mol. The van der Waals surface area contributed by atoms with Gasteiger partial charge in [0.15, 0.2) is 6.73 Å². The van der Waals surface area contributed by atoms with Crippen molar-refractivity contribution < 1.29 is 9.15 Å². The minimum Gasteiger partial charge on any atom is -0.473 e. The number of H-pyrrole nitrogens is 1. The van der Waals surface area contributed by atoms with E-state index in [4.69, 9.17) is 9.15 Å². The molecule has 134 valence electrons. The third-order valence-corrected chi connectivity index (χ3v) is 5.60. The normalized spacial score (nSPS) is 15.8. The number of rotatable bonds is 1. The molecule has 27 heavy (non-hydrogen) atoms. The predicted octanol–water partition coefficient (Wildman–Crippen LogP) is 3.51. The molecule has 2 aromatic carbocycles. The lowest BCUT2D eigenvalue weighted by Gasteiger charge is -2.29. The molecule has 0 atom stereocenters. The van der Waals surface area contributed by atoms with E-state index in [2.05, 4.69) is 9.97 Å². The number of nitrogens with zero attached hydrogens (tertiary/aromatic N) is 2. The van der Waals surface area contributed by atoms with Gasteiger partial charge >= 0.3 is 5.63 Å². The molecule has 3 heterocycles. The molecule has 6 nitrogen and oxygen atoms in total. The zero-order valence-corrected chi connectivity index (χ0v) is 14.6. The fourth-order valence-electron chi connectivity index (χ4n) is 4.28. The second-order valence-electron chi connectivity index (χ2n) is 7.17. The van der Waals surface area contributed by atoms with Crippen LogP contribution in [0.2, 0.25) is 0 Å². The molecule has 0 fully saturated rings. The number of hydrogen-bond donors (Lipinski definition) is 1. The number of nitrogens with one attached hydrogen (secondary N) is 1. The van der Waals surface area contributed by atoms with Crippen molar-refractivity contribution >= 4 is 28.0 Å². The summed E-state index contributed by atoms with van der Waals surface area (Å²) < 4.78 is 11.7. The Hall–Kier alpha value is -3.28. The van der Waals surface area contributed by atoms with E-state index in [0.717, 1.165) is 64.1 Å². The Balaban J connectivity index is 1.49. The lowest BCUT2D eigenvalue weighted by atomic mass is 10.0. The topological polar surface area (TPSA) is 71.4 Å². The van der Waals surface area contributed by atoms with E-state index < -0.39 is 0 Å². The molecule has 2 aromatic heterocycles. The Labute approximate surface area is 154 Å². The van der Waals surface area contributed by atoms with E-state index in [9.17, 15) is 4.79 Å². The molecule has 0 saturated heterocycles. The van der Waals surface area contributed by atoms with Crippen LogP contribution in [0.4, 0.5) is 5.95 Å². The number of ether oxygens (including phenoxy) is 1. The number of aromatic nitrogens is 2. The molecule has 0 amide bonds. The minimum absolute atomic E-state index is 0.204. The molecule has 6 rings (SSSR count). The molecule has 6 heteroatoms. The van der Waals surface area contributed by atoms with Gasteiger partial charge in [0.1, 0.15) is 11.3 Å². The number of imidazole rings is 1. The summed E-state index contributed by atoms with van der Waals surface area (Å²) in [6, 6.07) is 11.9. The fourth-order valence-corrected chi connectivity index (χ4v) is 4.28. The van der Waals surface area contributed by atoms with E-state index >= 15 is 0 Å². The molecule has 0 unspecified atom stereocenters. The summed E-state index contributed by atoms with van der Waals surface area (Å²) in [5.74, 6) is 1.53. The van der Waals surface area contributed by atoms with Gasteiger partial charge in [0.2, 0.25) is 5.95 Å². The average Bonchev–Trinajstić information content (AvgIpc) is 3.35. The van der Waals surface area contributed by atoms with Crippen LogP contribution in [0.25, 0.3) is 22.0 Å². The second kappa shape index (κ2) is 5.36. The van der Waals surface area contributed by atoms with E-state index in [1.165, 1.54) is 0 Å². The maximum atomic E-state index is 12.4. The van der Waals surface area contributed by atoms with Crippen LogP contribution in [0.15, 0.2) is 45.6 Å². The number of benzene rings is 2. The molecular formula is C21H17N3O3. The van der Waals surface area contributed by atoms with Crippen LogP contribution >= 0.6 is 0 Å². The van der Waals surface area contributed by atoms with Gasteiger partial charge in [0.25, 0.3) is 0 Å². The van der Waals surface area contributed by atoms with E-state index in [0.29, 0.717) is 18.9 Å². The van der Waals surface area contributed by atoms with Gasteiger partial charge in [-0.3, -0.25) is 0 Å². The highest BCUT2D eigenvalue weighted by atomic mass is 16.5. The number of para-hydroxylation sites is 2. The summed E-state index contributed by atoms with van der Waals surface area (Å²) in [5, 5.41) is 1.04. The molecule has 0 spiro atoms. The van der Waals surface area contributed by atoms with Crippen molar-refractivity contribution in [1.82, 2.24) is 9.97 Å². The highest BCUT2D eigenvalue weighted by Crippen LogP contribution is 2.36. The fraction of sp³-hybridized carbons (Fsp3) is 0.238. The van der Waals surface area contributed by atoms with Gasteiger partial charge in [0.05, 0.1) is 23.1 Å². The van der Waals surface area contributed by atoms with E-state index in [-0.39, 0.29) is 5.63 Å². The molecule has 0 radical (unpaired) electrons. The third-order valence-electron chi connectivity index (χ3n) is 5.60. The molecule has 4 aromatic rings. The van der Waals surface area contributed by atoms with E-state index in [1.54, 1.807) is 0 Å². The molecular weight excluding hydrogens is 342 g/mol. The predicted molar refractivity (Wildman–Crippen MR) is 102 cm³/mol. The SMILES string of the molecule is O=c1oc2c3c(ccc2c2c1CCC2)OCN(c1nc2ccccc2[nH]1)C3. The number of anilines is 1. The monoisotopic (exact) mass is 359 g/mol. The number of aryl methyl sites for hydroxylation is 1. The van der Waals surface area contributed by atoms with Gasteiger partial charge in [0, 0.05) is 10.9 Å². The molecule has 0 saturated carbocycles. The van der Waals surface area contributed by atoms with Crippen molar-refractivity contribution in [2.45, 2.75) is 25.8 Å². The van der Waals surface area contributed by atoms with Gasteiger partial charge < -0.3 is 19.0 Å². The first kappa shape index (κ1) is 14.8. The first-order chi connectivity index (χ1) is 13.3. The van der Waals surface area contributed by atoms with Crippen molar-refractivity contribution in [2.75, 3.05) is 11.6 Å². The van der Waals surface area contributed by atoms with Crippen LogP contribution in [0.5, 0.6) is 5.75 Å². The van der Waals surface area contributed by atoms with Crippen LogP contribution in [0, 0.1) is 0 Å². The Morgan fingerprint density at radius 1 is 1.04 bits per heavy atom. The Morgan fingerprint density at radius 2 is 1.93 bits per heavy atom. The quantitative estimate of drug-likeness (QED) is 0.527. The summed E-state index contributed by atoms with van der Waals surface area (Å²) in [7, 11) is 0. The number of fused-ring (bicyclic) bond motifs is 6. The zero-order chi connectivity index (χ0) is 18.0. The van der Waals surface area contributed by atoms with Gasteiger partial charge in [-0.15, -0.1) is 0 Å². The Kier molecular flexibility index (Phi) is 2.95. The van der Waals surface area contributed by atoms with Crippen LogP contribution in [-0.4, -0.2) is 16.7 Å². The Morgan fingerprint density at radius 3 is 2.85 bits per heavy atom. The zero-order valence-electron chi connectivity index (χ0n) is 14.6. The maximum Gasteiger partial charge on any atom is 0.339 e. The van der Waals surface area contributed by atoms with Crippen LogP contribution in [0.1, 0.15) is 23.1 Å².